The van der Waals surface area contributed by atoms with Gasteiger partial charge in [0.1, 0.15) is 0 Å². The molecule has 30 heavy (non-hydrogen) atoms. The largest absolute Gasteiger partial charge is 0.162 e. The molecule has 1 aliphatic carbocycles. The van der Waals surface area contributed by atoms with E-state index in [1.807, 2.05) is 0 Å². The number of hydrogen-bond acceptors (Lipinski definition) is 0. The van der Waals surface area contributed by atoms with E-state index in [0.717, 1.165) is 0 Å². The van der Waals surface area contributed by atoms with Crippen LogP contribution in [-0.4, -0.2) is 8.07 Å². The monoisotopic (exact) mass is 408 g/mol. The van der Waals surface area contributed by atoms with Crippen LogP contribution in [0.25, 0.3) is 0 Å². The molecule has 0 aliphatic heterocycles. The van der Waals surface area contributed by atoms with Crippen LogP contribution < -0.4 is 15.6 Å². The molecule has 152 valence electrons. The Morgan fingerprint density at radius 3 is 1.63 bits per heavy atom. The Balaban J connectivity index is 2.22. The first-order valence-electron chi connectivity index (χ1n) is 10.9. The zero-order valence-electron chi connectivity index (χ0n) is 19.1. The maximum Gasteiger partial charge on any atom is 0.162 e. The van der Waals surface area contributed by atoms with E-state index >= 15 is 0 Å². The van der Waals surface area contributed by atoms with Gasteiger partial charge in [-0.2, -0.15) is 0 Å². The van der Waals surface area contributed by atoms with E-state index in [1.54, 1.807) is 0 Å². The van der Waals surface area contributed by atoms with Crippen LogP contribution in [0.1, 0.15) is 38.8 Å². The molecule has 0 fully saturated rings. The number of rotatable bonds is 4. The molecular weight excluding hydrogens is 376 g/mol. The van der Waals surface area contributed by atoms with Gasteiger partial charge in [-0.15, -0.1) is 0 Å². The van der Waals surface area contributed by atoms with Gasteiger partial charge in [0.2, 0.25) is 0 Å². The first-order valence-corrected chi connectivity index (χ1v) is 12.9. The van der Waals surface area contributed by atoms with Gasteiger partial charge in [0.25, 0.3) is 0 Å². The van der Waals surface area contributed by atoms with Crippen LogP contribution >= 0.6 is 0 Å². The predicted molar refractivity (Wildman–Crippen MR) is 134 cm³/mol. The number of aryl methyl sites for hydroxylation is 2. The molecule has 0 radical (unpaired) electrons. The van der Waals surface area contributed by atoms with Gasteiger partial charge in [0.15, 0.2) is 8.07 Å². The van der Waals surface area contributed by atoms with Crippen molar-refractivity contribution in [2.45, 2.75) is 46.6 Å². The smallest absolute Gasteiger partial charge is 0.0730 e. The maximum atomic E-state index is 2.57. The van der Waals surface area contributed by atoms with Crippen molar-refractivity contribution in [3.8, 4) is 0 Å². The van der Waals surface area contributed by atoms with Gasteiger partial charge >= 0.3 is 0 Å². The number of benzene rings is 3. The lowest BCUT2D eigenvalue weighted by Crippen LogP contribution is -2.73. The second kappa shape index (κ2) is 7.56. The van der Waals surface area contributed by atoms with Crippen LogP contribution in [-0.2, 0) is 0 Å². The summed E-state index contributed by atoms with van der Waals surface area (Å²) in [5.74, 6) is 0. The van der Waals surface area contributed by atoms with Crippen molar-refractivity contribution < 1.29 is 0 Å². The average Bonchev–Trinajstić information content (AvgIpc) is 2.95. The SMILES string of the molecule is CC1=CC(C)([Si](c2ccccc2)(c2ccccc2)c2ccc(C)cc2C)C(C)=C1C. The van der Waals surface area contributed by atoms with Gasteiger partial charge in [-0.05, 0) is 55.8 Å². The maximum absolute atomic E-state index is 2.57. The zero-order chi connectivity index (χ0) is 21.5. The van der Waals surface area contributed by atoms with Crippen molar-refractivity contribution in [1.29, 1.82) is 0 Å². The Hall–Kier alpha value is -2.64. The lowest BCUT2D eigenvalue weighted by molar-refractivity contribution is 0.870. The van der Waals surface area contributed by atoms with Crippen molar-refractivity contribution in [3.63, 3.8) is 0 Å². The Labute approximate surface area is 183 Å². The Morgan fingerprint density at radius 2 is 1.20 bits per heavy atom. The molecule has 0 spiro atoms. The molecule has 4 rings (SSSR count). The van der Waals surface area contributed by atoms with Crippen LogP contribution in [0.2, 0.25) is 5.04 Å². The van der Waals surface area contributed by atoms with Gasteiger partial charge in [-0.25, -0.2) is 0 Å². The molecule has 0 saturated carbocycles. The molecule has 1 atom stereocenters. The summed E-state index contributed by atoms with van der Waals surface area (Å²) in [5.41, 5.74) is 7.11. The fourth-order valence-electron chi connectivity index (χ4n) is 5.69. The summed E-state index contributed by atoms with van der Waals surface area (Å²) in [6, 6.07) is 29.7. The van der Waals surface area contributed by atoms with Crippen LogP contribution in [0, 0.1) is 13.8 Å². The molecule has 0 heterocycles. The number of hydrogen-bond donors (Lipinski definition) is 0. The van der Waals surface area contributed by atoms with Gasteiger partial charge in [0.05, 0.1) is 0 Å². The van der Waals surface area contributed by atoms with Crippen molar-refractivity contribution in [2.24, 2.45) is 0 Å². The minimum Gasteiger partial charge on any atom is -0.0730 e. The molecular formula is C29H32Si. The molecule has 0 N–H and O–H groups in total. The lowest BCUT2D eigenvalue weighted by Gasteiger charge is -2.47. The highest BCUT2D eigenvalue weighted by Gasteiger charge is 2.56. The van der Waals surface area contributed by atoms with Crippen molar-refractivity contribution in [1.82, 2.24) is 0 Å². The van der Waals surface area contributed by atoms with Crippen LogP contribution in [0.5, 0.6) is 0 Å². The van der Waals surface area contributed by atoms with E-state index < -0.39 is 8.07 Å². The van der Waals surface area contributed by atoms with Gasteiger partial charge in [0, 0.05) is 5.04 Å². The summed E-state index contributed by atoms with van der Waals surface area (Å²) in [7, 11) is -2.46. The molecule has 0 amide bonds. The summed E-state index contributed by atoms with van der Waals surface area (Å²) < 4.78 is 0. The third-order valence-electron chi connectivity index (χ3n) is 7.42. The van der Waals surface area contributed by atoms with E-state index in [9.17, 15) is 0 Å². The van der Waals surface area contributed by atoms with E-state index in [-0.39, 0.29) is 5.04 Å². The summed E-state index contributed by atoms with van der Waals surface area (Å²) >= 11 is 0. The third-order valence-corrected chi connectivity index (χ3v) is 13.3. The van der Waals surface area contributed by atoms with E-state index in [2.05, 4.69) is 126 Å². The number of allylic oxidation sites excluding steroid dienone is 4. The van der Waals surface area contributed by atoms with Gasteiger partial charge in [-0.1, -0.05) is 114 Å². The van der Waals surface area contributed by atoms with Crippen LogP contribution in [0.3, 0.4) is 0 Å². The highest BCUT2D eigenvalue weighted by molar-refractivity contribution is 7.14. The fourth-order valence-corrected chi connectivity index (χ4v) is 12.0. The van der Waals surface area contributed by atoms with E-state index in [4.69, 9.17) is 0 Å². The summed E-state index contributed by atoms with van der Waals surface area (Å²) in [6.07, 6.45) is 2.57. The molecule has 0 saturated heterocycles. The third kappa shape index (κ3) is 2.87. The second-order valence-corrected chi connectivity index (χ2v) is 13.3. The second-order valence-electron chi connectivity index (χ2n) is 9.08. The first kappa shape index (κ1) is 20.6. The summed E-state index contributed by atoms with van der Waals surface area (Å²) in [4.78, 5) is 0. The first-order chi connectivity index (χ1) is 14.3. The molecule has 1 heteroatoms. The molecule has 1 aliphatic rings. The van der Waals surface area contributed by atoms with Crippen molar-refractivity contribution in [2.75, 3.05) is 0 Å². The topological polar surface area (TPSA) is 0 Å². The molecule has 3 aromatic rings. The Morgan fingerprint density at radius 1 is 0.667 bits per heavy atom. The predicted octanol–water partition coefficient (Wildman–Crippen LogP) is 5.83. The zero-order valence-corrected chi connectivity index (χ0v) is 20.1. The van der Waals surface area contributed by atoms with Crippen molar-refractivity contribution >= 4 is 23.6 Å². The van der Waals surface area contributed by atoms with Crippen molar-refractivity contribution in [3.05, 3.63) is 113 Å². The lowest BCUT2D eigenvalue weighted by atomic mass is 10.0. The van der Waals surface area contributed by atoms with E-state index in [0.29, 0.717) is 0 Å². The minimum absolute atomic E-state index is 0.0378. The molecule has 0 nitrogen and oxygen atoms in total. The highest BCUT2D eigenvalue weighted by atomic mass is 28.3. The fraction of sp³-hybridized carbons (Fsp3) is 0.241. The standard InChI is InChI=1S/C29H32Si/c1-21-17-18-28(22(2)19-21)30(26-13-9-7-10-14-26,27-15-11-8-12-16-27)29(6)20-23(3)24(4)25(29)5/h7-20H,1-6H3. The Kier molecular flexibility index (Phi) is 5.19. The molecule has 3 aromatic carbocycles. The van der Waals surface area contributed by atoms with Crippen LogP contribution in [0.15, 0.2) is 102 Å². The molecule has 0 bridgehead atoms. The van der Waals surface area contributed by atoms with Gasteiger partial charge in [-0.3, -0.25) is 0 Å². The summed E-state index contributed by atoms with van der Waals surface area (Å²) in [6.45, 7) is 13.9. The Bertz CT molecular complexity index is 1100. The van der Waals surface area contributed by atoms with Gasteiger partial charge < -0.3 is 0 Å². The minimum atomic E-state index is -2.46. The highest BCUT2D eigenvalue weighted by Crippen LogP contribution is 2.52. The molecule has 1 unspecified atom stereocenters. The quantitative estimate of drug-likeness (QED) is 0.376. The van der Waals surface area contributed by atoms with Crippen LogP contribution in [0.4, 0.5) is 0 Å². The summed E-state index contributed by atoms with van der Waals surface area (Å²) in [5, 5.41) is 4.43. The average molecular weight is 409 g/mol. The molecule has 0 aromatic heterocycles. The van der Waals surface area contributed by atoms with E-state index in [1.165, 1.54) is 43.4 Å². The normalized spacial score (nSPS) is 19.2.